The molecular formula is C11H20O2. The second kappa shape index (κ2) is 7.84. The van der Waals surface area contributed by atoms with E-state index in [4.69, 9.17) is 0 Å². The Bertz CT molecular complexity index is 142. The van der Waals surface area contributed by atoms with Crippen LogP contribution in [0.5, 0.6) is 0 Å². The van der Waals surface area contributed by atoms with Crippen LogP contribution in [0, 0.1) is 5.92 Å². The van der Waals surface area contributed by atoms with Gasteiger partial charge in [-0.15, -0.1) is 0 Å². The SMILES string of the molecule is C=C1CCC(C)CC1.CCOC=O. The first kappa shape index (κ1) is 12.2. The molecule has 1 saturated carbocycles. The van der Waals surface area contributed by atoms with Gasteiger partial charge in [-0.05, 0) is 38.5 Å². The summed E-state index contributed by atoms with van der Waals surface area (Å²) >= 11 is 0. The van der Waals surface area contributed by atoms with Crippen LogP contribution in [-0.4, -0.2) is 13.1 Å². The zero-order chi connectivity index (χ0) is 10.1. The van der Waals surface area contributed by atoms with Crippen LogP contribution in [0.4, 0.5) is 0 Å². The number of allylic oxidation sites excluding steroid dienone is 1. The molecule has 0 unspecified atom stereocenters. The highest BCUT2D eigenvalue weighted by molar-refractivity contribution is 5.36. The van der Waals surface area contributed by atoms with Crippen molar-refractivity contribution in [2.24, 2.45) is 5.92 Å². The topological polar surface area (TPSA) is 26.3 Å². The van der Waals surface area contributed by atoms with Crippen LogP contribution in [0.25, 0.3) is 0 Å². The van der Waals surface area contributed by atoms with Gasteiger partial charge in [0.05, 0.1) is 6.61 Å². The summed E-state index contributed by atoms with van der Waals surface area (Å²) in [5, 5.41) is 0. The van der Waals surface area contributed by atoms with E-state index >= 15 is 0 Å². The van der Waals surface area contributed by atoms with Crippen LogP contribution in [0.3, 0.4) is 0 Å². The molecule has 2 heteroatoms. The smallest absolute Gasteiger partial charge is 0.293 e. The summed E-state index contributed by atoms with van der Waals surface area (Å²) in [7, 11) is 0. The van der Waals surface area contributed by atoms with E-state index in [-0.39, 0.29) is 0 Å². The van der Waals surface area contributed by atoms with E-state index in [0.717, 1.165) is 5.92 Å². The van der Waals surface area contributed by atoms with Crippen molar-refractivity contribution >= 4 is 6.47 Å². The largest absolute Gasteiger partial charge is 0.468 e. The summed E-state index contributed by atoms with van der Waals surface area (Å²) in [5.74, 6) is 0.959. The molecule has 0 amide bonds. The first-order valence-corrected chi connectivity index (χ1v) is 4.92. The zero-order valence-corrected chi connectivity index (χ0v) is 8.71. The monoisotopic (exact) mass is 184 g/mol. The Balaban J connectivity index is 0.000000252. The quantitative estimate of drug-likeness (QED) is 0.487. The number of rotatable bonds is 2. The Labute approximate surface area is 81.0 Å². The summed E-state index contributed by atoms with van der Waals surface area (Å²) in [6, 6.07) is 0. The maximum atomic E-state index is 9.18. The summed E-state index contributed by atoms with van der Waals surface area (Å²) in [6.07, 6.45) is 5.31. The molecule has 0 bridgehead atoms. The summed E-state index contributed by atoms with van der Waals surface area (Å²) in [6.45, 7) is 8.94. The van der Waals surface area contributed by atoms with Crippen molar-refractivity contribution in [1.82, 2.24) is 0 Å². The first-order chi connectivity index (χ1) is 6.20. The number of hydrogen-bond acceptors (Lipinski definition) is 2. The molecule has 0 radical (unpaired) electrons. The lowest BCUT2D eigenvalue weighted by Crippen LogP contribution is -2.02. The molecule has 2 nitrogen and oxygen atoms in total. The summed E-state index contributed by atoms with van der Waals surface area (Å²) < 4.78 is 4.15. The first-order valence-electron chi connectivity index (χ1n) is 4.92. The lowest BCUT2D eigenvalue weighted by Gasteiger charge is -2.18. The van der Waals surface area contributed by atoms with Crippen molar-refractivity contribution in [1.29, 1.82) is 0 Å². The van der Waals surface area contributed by atoms with Crippen LogP contribution in [0.15, 0.2) is 12.2 Å². The Morgan fingerprint density at radius 3 is 2.31 bits per heavy atom. The van der Waals surface area contributed by atoms with Gasteiger partial charge < -0.3 is 4.74 Å². The fourth-order valence-corrected chi connectivity index (χ4v) is 1.24. The van der Waals surface area contributed by atoms with Crippen LogP contribution in [0.2, 0.25) is 0 Å². The normalized spacial score (nSPS) is 17.2. The van der Waals surface area contributed by atoms with Crippen molar-refractivity contribution < 1.29 is 9.53 Å². The average Bonchev–Trinajstić information content (AvgIpc) is 2.13. The molecule has 0 N–H and O–H groups in total. The average molecular weight is 184 g/mol. The fourth-order valence-electron chi connectivity index (χ4n) is 1.24. The highest BCUT2D eigenvalue weighted by atomic mass is 16.5. The second-order valence-corrected chi connectivity index (χ2v) is 3.48. The molecule has 0 spiro atoms. The van der Waals surface area contributed by atoms with Crippen LogP contribution < -0.4 is 0 Å². The van der Waals surface area contributed by atoms with Crippen LogP contribution in [-0.2, 0) is 9.53 Å². The molecule has 0 saturated heterocycles. The molecule has 0 aliphatic heterocycles. The van der Waals surface area contributed by atoms with Gasteiger partial charge in [0, 0.05) is 0 Å². The predicted octanol–water partition coefficient (Wildman–Crippen LogP) is 2.93. The maximum absolute atomic E-state index is 9.18. The van der Waals surface area contributed by atoms with Crippen LogP contribution >= 0.6 is 0 Å². The minimum atomic E-state index is 0.431. The van der Waals surface area contributed by atoms with Gasteiger partial charge >= 0.3 is 0 Å². The van der Waals surface area contributed by atoms with E-state index in [1.165, 1.54) is 31.3 Å². The minimum absolute atomic E-state index is 0.431. The summed E-state index contributed by atoms with van der Waals surface area (Å²) in [5.41, 5.74) is 1.46. The Morgan fingerprint density at radius 1 is 1.54 bits per heavy atom. The van der Waals surface area contributed by atoms with Gasteiger partial charge in [0.2, 0.25) is 0 Å². The highest BCUT2D eigenvalue weighted by Crippen LogP contribution is 2.25. The van der Waals surface area contributed by atoms with E-state index in [1.54, 1.807) is 6.92 Å². The van der Waals surface area contributed by atoms with Crippen molar-refractivity contribution in [3.8, 4) is 0 Å². The molecule has 0 atom stereocenters. The minimum Gasteiger partial charge on any atom is -0.468 e. The second-order valence-electron chi connectivity index (χ2n) is 3.48. The standard InChI is InChI=1S/C8H14.C3H6O2/c1-7-3-5-8(2)6-4-7;1-2-5-3-4/h8H,1,3-6H2,2H3;3H,2H2,1H3. The van der Waals surface area contributed by atoms with Crippen molar-refractivity contribution in [2.75, 3.05) is 6.61 Å². The number of ether oxygens (including phenoxy) is 1. The zero-order valence-electron chi connectivity index (χ0n) is 8.71. The molecule has 13 heavy (non-hydrogen) atoms. The van der Waals surface area contributed by atoms with E-state index < -0.39 is 0 Å². The van der Waals surface area contributed by atoms with Gasteiger partial charge in [0.25, 0.3) is 6.47 Å². The molecule has 0 heterocycles. The van der Waals surface area contributed by atoms with E-state index in [9.17, 15) is 4.79 Å². The molecule has 1 aliphatic rings. The fraction of sp³-hybridized carbons (Fsp3) is 0.727. The van der Waals surface area contributed by atoms with Crippen LogP contribution in [0.1, 0.15) is 39.5 Å². The molecule has 1 rings (SSSR count). The highest BCUT2D eigenvalue weighted by Gasteiger charge is 2.09. The van der Waals surface area contributed by atoms with Gasteiger partial charge in [-0.1, -0.05) is 19.1 Å². The third-order valence-corrected chi connectivity index (χ3v) is 2.22. The number of carbonyl (C=O) groups is 1. The Kier molecular flexibility index (Phi) is 7.36. The van der Waals surface area contributed by atoms with E-state index in [2.05, 4.69) is 18.2 Å². The van der Waals surface area contributed by atoms with Gasteiger partial charge in [0.15, 0.2) is 0 Å². The van der Waals surface area contributed by atoms with E-state index in [0.29, 0.717) is 13.1 Å². The van der Waals surface area contributed by atoms with Gasteiger partial charge in [-0.3, -0.25) is 4.79 Å². The van der Waals surface area contributed by atoms with Gasteiger partial charge in [-0.25, -0.2) is 0 Å². The summed E-state index contributed by atoms with van der Waals surface area (Å²) in [4.78, 5) is 9.18. The molecular weight excluding hydrogens is 164 g/mol. The third kappa shape index (κ3) is 7.57. The van der Waals surface area contributed by atoms with Crippen molar-refractivity contribution in [3.05, 3.63) is 12.2 Å². The lowest BCUT2D eigenvalue weighted by molar-refractivity contribution is -0.128. The predicted molar refractivity (Wildman–Crippen MR) is 54.5 cm³/mol. The number of hydrogen-bond donors (Lipinski definition) is 0. The van der Waals surface area contributed by atoms with Gasteiger partial charge in [-0.2, -0.15) is 0 Å². The molecule has 0 aromatic heterocycles. The molecule has 1 aliphatic carbocycles. The molecule has 76 valence electrons. The van der Waals surface area contributed by atoms with E-state index in [1.807, 2.05) is 0 Å². The lowest BCUT2D eigenvalue weighted by atomic mass is 9.88. The third-order valence-electron chi connectivity index (χ3n) is 2.22. The molecule has 0 aromatic carbocycles. The molecule has 0 aromatic rings. The van der Waals surface area contributed by atoms with Crippen molar-refractivity contribution in [2.45, 2.75) is 39.5 Å². The maximum Gasteiger partial charge on any atom is 0.293 e. The Morgan fingerprint density at radius 2 is 2.08 bits per heavy atom. The van der Waals surface area contributed by atoms with Crippen molar-refractivity contribution in [3.63, 3.8) is 0 Å². The Hall–Kier alpha value is -0.790. The number of carbonyl (C=O) groups excluding carboxylic acids is 1. The van der Waals surface area contributed by atoms with Gasteiger partial charge in [0.1, 0.15) is 0 Å². The molecule has 1 fully saturated rings.